The van der Waals surface area contributed by atoms with Crippen molar-refractivity contribution in [1.29, 1.82) is 0 Å². The van der Waals surface area contributed by atoms with E-state index in [1.165, 1.54) is 24.2 Å². The van der Waals surface area contributed by atoms with Crippen molar-refractivity contribution in [2.24, 2.45) is 5.92 Å². The molecular weight excluding hydrogens is 222 g/mol. The quantitative estimate of drug-likeness (QED) is 0.858. The van der Waals surface area contributed by atoms with Crippen molar-refractivity contribution in [1.82, 2.24) is 0 Å². The Labute approximate surface area is 99.7 Å². The zero-order valence-electron chi connectivity index (χ0n) is 9.64. The Morgan fingerprint density at radius 1 is 1.56 bits per heavy atom. The number of carbonyl (C=O) groups is 1. The fourth-order valence-electron chi connectivity index (χ4n) is 1.80. The number of hydrogen-bond donors (Lipinski definition) is 1. The number of carboxylic acids is 1. The van der Waals surface area contributed by atoms with Gasteiger partial charge in [0.2, 0.25) is 0 Å². The van der Waals surface area contributed by atoms with Gasteiger partial charge in [0, 0.05) is 12.6 Å². The van der Waals surface area contributed by atoms with E-state index < -0.39 is 5.97 Å². The van der Waals surface area contributed by atoms with Gasteiger partial charge >= 0.3 is 5.97 Å². The maximum atomic E-state index is 10.8. The topological polar surface area (TPSA) is 40.5 Å². The lowest BCUT2D eigenvalue weighted by Gasteiger charge is -2.24. The lowest BCUT2D eigenvalue weighted by Crippen LogP contribution is -2.28. The average molecular weight is 239 g/mol. The van der Waals surface area contributed by atoms with E-state index in [0.29, 0.717) is 16.8 Å². The van der Waals surface area contributed by atoms with Gasteiger partial charge in [-0.3, -0.25) is 0 Å². The monoisotopic (exact) mass is 239 g/mol. The first-order chi connectivity index (χ1) is 7.58. The highest BCUT2D eigenvalue weighted by atomic mass is 32.1. The second-order valence-corrected chi connectivity index (χ2v) is 5.78. The van der Waals surface area contributed by atoms with Crippen LogP contribution in [0, 0.1) is 5.92 Å². The molecule has 0 amide bonds. The summed E-state index contributed by atoms with van der Waals surface area (Å²) in [5.41, 5.74) is 0. The zero-order chi connectivity index (χ0) is 11.7. The highest BCUT2D eigenvalue weighted by molar-refractivity contribution is 7.17. The average Bonchev–Trinajstić information content (AvgIpc) is 2.91. The van der Waals surface area contributed by atoms with Crippen molar-refractivity contribution < 1.29 is 9.90 Å². The van der Waals surface area contributed by atoms with E-state index in [1.54, 1.807) is 6.07 Å². The molecule has 0 spiro atoms. The summed E-state index contributed by atoms with van der Waals surface area (Å²) in [7, 11) is 0. The largest absolute Gasteiger partial charge is 0.477 e. The van der Waals surface area contributed by atoms with E-state index in [4.69, 9.17) is 5.11 Å². The molecule has 2 rings (SSSR count). The maximum absolute atomic E-state index is 10.8. The van der Waals surface area contributed by atoms with Crippen molar-refractivity contribution in [3.05, 3.63) is 17.0 Å². The molecule has 0 atom stereocenters. The lowest BCUT2D eigenvalue weighted by molar-refractivity contribution is 0.0702. The summed E-state index contributed by atoms with van der Waals surface area (Å²) < 4.78 is 0. The van der Waals surface area contributed by atoms with Gasteiger partial charge < -0.3 is 10.0 Å². The van der Waals surface area contributed by atoms with Crippen LogP contribution in [-0.2, 0) is 0 Å². The molecule has 0 unspecified atom stereocenters. The molecule has 1 heterocycles. The second-order valence-electron chi connectivity index (χ2n) is 4.72. The fraction of sp³-hybridized carbons (Fsp3) is 0.583. The maximum Gasteiger partial charge on any atom is 0.345 e. The van der Waals surface area contributed by atoms with Gasteiger partial charge in [0.15, 0.2) is 0 Å². The summed E-state index contributed by atoms with van der Waals surface area (Å²) in [5, 5.41) is 10.0. The highest BCUT2D eigenvalue weighted by Gasteiger charge is 2.30. The molecule has 1 aromatic heterocycles. The van der Waals surface area contributed by atoms with Crippen LogP contribution in [0.3, 0.4) is 0 Å². The highest BCUT2D eigenvalue weighted by Crippen LogP contribution is 2.36. The Balaban J connectivity index is 2.14. The normalized spacial score (nSPS) is 15.4. The number of hydrogen-bond acceptors (Lipinski definition) is 3. The number of thiophene rings is 1. The third-order valence-electron chi connectivity index (χ3n) is 2.64. The van der Waals surface area contributed by atoms with Crippen molar-refractivity contribution in [3.63, 3.8) is 0 Å². The number of nitrogens with zero attached hydrogens (tertiary/aromatic N) is 1. The van der Waals surface area contributed by atoms with E-state index in [2.05, 4.69) is 18.7 Å². The first-order valence-corrected chi connectivity index (χ1v) is 6.49. The van der Waals surface area contributed by atoms with E-state index in [-0.39, 0.29) is 0 Å². The number of rotatable bonds is 5. The van der Waals surface area contributed by atoms with Crippen LogP contribution in [-0.4, -0.2) is 23.7 Å². The van der Waals surface area contributed by atoms with Crippen molar-refractivity contribution in [3.8, 4) is 0 Å². The minimum atomic E-state index is -0.823. The predicted molar refractivity (Wildman–Crippen MR) is 66.5 cm³/mol. The van der Waals surface area contributed by atoms with Crippen molar-refractivity contribution in [2.45, 2.75) is 32.7 Å². The summed E-state index contributed by atoms with van der Waals surface area (Å²) in [6, 6.07) is 4.29. The molecule has 88 valence electrons. The molecular formula is C12H17NO2S. The smallest absolute Gasteiger partial charge is 0.345 e. The minimum absolute atomic E-state index is 0.435. The Hall–Kier alpha value is -1.03. The Morgan fingerprint density at radius 2 is 2.25 bits per heavy atom. The minimum Gasteiger partial charge on any atom is -0.477 e. The Morgan fingerprint density at radius 3 is 2.69 bits per heavy atom. The SMILES string of the molecule is CC(C)CN(c1ccc(C(=O)O)s1)C1CC1. The van der Waals surface area contributed by atoms with Crippen LogP contribution in [0.15, 0.2) is 12.1 Å². The van der Waals surface area contributed by atoms with E-state index in [9.17, 15) is 4.79 Å². The third kappa shape index (κ3) is 2.55. The van der Waals surface area contributed by atoms with Gasteiger partial charge in [-0.15, -0.1) is 11.3 Å². The van der Waals surface area contributed by atoms with Gasteiger partial charge in [-0.05, 0) is 30.9 Å². The zero-order valence-corrected chi connectivity index (χ0v) is 10.5. The van der Waals surface area contributed by atoms with Crippen LogP contribution in [0.25, 0.3) is 0 Å². The van der Waals surface area contributed by atoms with Crippen molar-refractivity contribution in [2.75, 3.05) is 11.4 Å². The molecule has 16 heavy (non-hydrogen) atoms. The summed E-state index contributed by atoms with van der Waals surface area (Å²) in [5.74, 6) is -0.215. The van der Waals surface area contributed by atoms with Crippen LogP contribution in [0.2, 0.25) is 0 Å². The van der Waals surface area contributed by atoms with E-state index in [1.807, 2.05) is 6.07 Å². The first-order valence-electron chi connectivity index (χ1n) is 5.67. The molecule has 0 aromatic carbocycles. The molecule has 1 aromatic rings. The first kappa shape index (κ1) is 11.5. The van der Waals surface area contributed by atoms with Gasteiger partial charge in [0.1, 0.15) is 4.88 Å². The van der Waals surface area contributed by atoms with Crippen LogP contribution in [0.4, 0.5) is 5.00 Å². The number of carboxylic acid groups (broad SMARTS) is 1. The predicted octanol–water partition coefficient (Wildman–Crippen LogP) is 3.07. The third-order valence-corrected chi connectivity index (χ3v) is 3.75. The van der Waals surface area contributed by atoms with Gasteiger partial charge in [-0.1, -0.05) is 13.8 Å². The van der Waals surface area contributed by atoms with Crippen LogP contribution in [0.5, 0.6) is 0 Å². The van der Waals surface area contributed by atoms with Gasteiger partial charge in [-0.2, -0.15) is 0 Å². The molecule has 1 fully saturated rings. The fourth-order valence-corrected chi connectivity index (χ4v) is 2.72. The summed E-state index contributed by atoms with van der Waals surface area (Å²) >= 11 is 1.39. The Kier molecular flexibility index (Phi) is 3.19. The van der Waals surface area contributed by atoms with Gasteiger partial charge in [0.25, 0.3) is 0 Å². The molecule has 4 heteroatoms. The van der Waals surface area contributed by atoms with Crippen molar-refractivity contribution >= 4 is 22.3 Å². The lowest BCUT2D eigenvalue weighted by atomic mass is 10.2. The summed E-state index contributed by atoms with van der Waals surface area (Å²) in [4.78, 5) is 13.6. The van der Waals surface area contributed by atoms with E-state index in [0.717, 1.165) is 11.5 Å². The molecule has 0 bridgehead atoms. The van der Waals surface area contributed by atoms with E-state index >= 15 is 0 Å². The molecule has 1 aliphatic carbocycles. The summed E-state index contributed by atoms with van der Waals surface area (Å²) in [6.07, 6.45) is 2.49. The van der Waals surface area contributed by atoms with Crippen LogP contribution in [0.1, 0.15) is 36.4 Å². The van der Waals surface area contributed by atoms with Gasteiger partial charge in [-0.25, -0.2) is 4.79 Å². The number of aromatic carboxylic acids is 1. The van der Waals surface area contributed by atoms with Crippen LogP contribution >= 0.6 is 11.3 Å². The van der Waals surface area contributed by atoms with Gasteiger partial charge in [0.05, 0.1) is 5.00 Å². The molecule has 1 N–H and O–H groups in total. The summed E-state index contributed by atoms with van der Waals surface area (Å²) in [6.45, 7) is 5.41. The molecule has 0 aliphatic heterocycles. The second kappa shape index (κ2) is 4.45. The van der Waals surface area contributed by atoms with Crippen LogP contribution < -0.4 is 4.90 Å². The molecule has 1 aliphatic rings. The number of anilines is 1. The standard InChI is InChI=1S/C12H17NO2S/c1-8(2)7-13(9-3-4-9)11-6-5-10(16-11)12(14)15/h5-6,8-9H,3-4,7H2,1-2H3,(H,14,15). The molecule has 0 radical (unpaired) electrons. The molecule has 1 saturated carbocycles. The molecule has 3 nitrogen and oxygen atoms in total. The molecule has 0 saturated heterocycles. The Bertz CT molecular complexity index is 382.